The summed E-state index contributed by atoms with van der Waals surface area (Å²) in [6.45, 7) is 2.03. The van der Waals surface area contributed by atoms with Gasteiger partial charge in [0.15, 0.2) is 0 Å². The fourth-order valence-corrected chi connectivity index (χ4v) is 3.16. The maximum atomic E-state index is 12.3. The molecule has 6 nitrogen and oxygen atoms in total. The molecule has 0 saturated heterocycles. The molecule has 0 saturated carbocycles. The lowest BCUT2D eigenvalue weighted by Gasteiger charge is -2.13. The Hall–Kier alpha value is -2.25. The van der Waals surface area contributed by atoms with Gasteiger partial charge in [-0.15, -0.1) is 0 Å². The maximum Gasteiger partial charge on any atom is 0.265 e. The highest BCUT2D eigenvalue weighted by Crippen LogP contribution is 2.30. The summed E-state index contributed by atoms with van der Waals surface area (Å²) in [4.78, 5) is 14.1. The molecule has 8 heteroatoms. The average molecular weight is 383 g/mol. The molecule has 2 rings (SSSR count). The highest BCUT2D eigenvalue weighted by molar-refractivity contribution is 8.13. The van der Waals surface area contributed by atoms with Gasteiger partial charge in [-0.2, -0.15) is 0 Å². The SMILES string of the molecule is CCOc1ccc(NC(=O)c2ccc(N(C)C)cc2)cc1S(=O)(=O)Cl. The highest BCUT2D eigenvalue weighted by atomic mass is 35.7. The number of hydrogen-bond acceptors (Lipinski definition) is 5. The van der Waals surface area contributed by atoms with Gasteiger partial charge >= 0.3 is 0 Å². The zero-order chi connectivity index (χ0) is 18.6. The van der Waals surface area contributed by atoms with E-state index in [1.54, 1.807) is 25.1 Å². The molecule has 0 bridgehead atoms. The van der Waals surface area contributed by atoms with Crippen molar-refractivity contribution in [1.82, 2.24) is 0 Å². The van der Waals surface area contributed by atoms with Gasteiger partial charge in [-0.05, 0) is 49.4 Å². The van der Waals surface area contributed by atoms with Crippen LogP contribution >= 0.6 is 10.7 Å². The van der Waals surface area contributed by atoms with Crippen molar-refractivity contribution >= 4 is 37.0 Å². The van der Waals surface area contributed by atoms with Gasteiger partial charge in [0.05, 0.1) is 6.61 Å². The second kappa shape index (κ2) is 7.76. The predicted molar refractivity (Wildman–Crippen MR) is 99.4 cm³/mol. The van der Waals surface area contributed by atoms with Crippen molar-refractivity contribution < 1.29 is 17.9 Å². The normalized spacial score (nSPS) is 11.0. The van der Waals surface area contributed by atoms with Gasteiger partial charge in [0, 0.05) is 41.7 Å². The summed E-state index contributed by atoms with van der Waals surface area (Å²) < 4.78 is 28.7. The van der Waals surface area contributed by atoms with Gasteiger partial charge in [-0.1, -0.05) is 0 Å². The van der Waals surface area contributed by atoms with Gasteiger partial charge in [-0.3, -0.25) is 4.79 Å². The number of amides is 1. The number of ether oxygens (including phenoxy) is 1. The van der Waals surface area contributed by atoms with E-state index in [4.69, 9.17) is 15.4 Å². The van der Waals surface area contributed by atoms with E-state index in [-0.39, 0.29) is 16.6 Å². The Morgan fingerprint density at radius 2 is 1.80 bits per heavy atom. The number of carbonyl (C=O) groups is 1. The zero-order valence-electron chi connectivity index (χ0n) is 14.1. The van der Waals surface area contributed by atoms with E-state index in [9.17, 15) is 13.2 Å². The number of benzene rings is 2. The van der Waals surface area contributed by atoms with Crippen LogP contribution in [0.25, 0.3) is 0 Å². The summed E-state index contributed by atoms with van der Waals surface area (Å²) in [6, 6.07) is 11.3. The Kier molecular flexibility index (Phi) is 5.92. The molecule has 0 aromatic heterocycles. The molecular weight excluding hydrogens is 364 g/mol. The second-order valence-corrected chi connectivity index (χ2v) is 7.96. The fourth-order valence-electron chi connectivity index (χ4n) is 2.17. The highest BCUT2D eigenvalue weighted by Gasteiger charge is 2.18. The molecule has 0 fully saturated rings. The van der Waals surface area contributed by atoms with Gasteiger partial charge in [-0.25, -0.2) is 8.42 Å². The minimum absolute atomic E-state index is 0.144. The molecule has 2 aromatic rings. The van der Waals surface area contributed by atoms with Crippen LogP contribution in [0.1, 0.15) is 17.3 Å². The molecule has 0 aliphatic heterocycles. The Labute approximate surface area is 151 Å². The molecule has 0 spiro atoms. The van der Waals surface area contributed by atoms with Crippen molar-refractivity contribution in [2.75, 3.05) is 30.9 Å². The lowest BCUT2D eigenvalue weighted by Crippen LogP contribution is -2.13. The van der Waals surface area contributed by atoms with Crippen molar-refractivity contribution in [3.8, 4) is 5.75 Å². The molecule has 134 valence electrons. The zero-order valence-corrected chi connectivity index (χ0v) is 15.7. The van der Waals surface area contributed by atoms with Crippen LogP contribution < -0.4 is 15.0 Å². The minimum Gasteiger partial charge on any atom is -0.492 e. The molecule has 25 heavy (non-hydrogen) atoms. The maximum absolute atomic E-state index is 12.3. The number of nitrogens with zero attached hydrogens (tertiary/aromatic N) is 1. The van der Waals surface area contributed by atoms with Crippen molar-refractivity contribution in [1.29, 1.82) is 0 Å². The third kappa shape index (κ3) is 4.87. The van der Waals surface area contributed by atoms with E-state index in [1.807, 2.05) is 31.1 Å². The topological polar surface area (TPSA) is 75.7 Å². The summed E-state index contributed by atoms with van der Waals surface area (Å²) in [5.74, 6) is -0.210. The summed E-state index contributed by atoms with van der Waals surface area (Å²) in [5, 5.41) is 2.66. The van der Waals surface area contributed by atoms with Crippen LogP contribution in [-0.4, -0.2) is 35.0 Å². The molecule has 0 radical (unpaired) electrons. The summed E-state index contributed by atoms with van der Waals surface area (Å²) >= 11 is 0. The van der Waals surface area contributed by atoms with Crippen LogP contribution in [-0.2, 0) is 9.05 Å². The molecule has 0 aliphatic rings. The minimum atomic E-state index is -4.00. The Morgan fingerprint density at radius 3 is 2.32 bits per heavy atom. The van der Waals surface area contributed by atoms with E-state index >= 15 is 0 Å². The fraction of sp³-hybridized carbons (Fsp3) is 0.235. The van der Waals surface area contributed by atoms with Crippen LogP contribution in [0.5, 0.6) is 5.75 Å². The van der Waals surface area contributed by atoms with Gasteiger partial charge in [0.25, 0.3) is 15.0 Å². The first-order chi connectivity index (χ1) is 11.7. The van der Waals surface area contributed by atoms with Gasteiger partial charge < -0.3 is 15.0 Å². The first-order valence-electron chi connectivity index (χ1n) is 7.52. The molecular formula is C17H19ClN2O4S. The molecule has 0 unspecified atom stereocenters. The number of anilines is 2. The van der Waals surface area contributed by atoms with E-state index < -0.39 is 9.05 Å². The van der Waals surface area contributed by atoms with E-state index in [1.165, 1.54) is 12.1 Å². The third-order valence-corrected chi connectivity index (χ3v) is 4.75. The van der Waals surface area contributed by atoms with Gasteiger partial charge in [0.1, 0.15) is 10.6 Å². The molecule has 1 amide bonds. The van der Waals surface area contributed by atoms with Crippen molar-refractivity contribution in [2.24, 2.45) is 0 Å². The average Bonchev–Trinajstić information content (AvgIpc) is 2.55. The molecule has 0 heterocycles. The molecule has 0 aliphatic carbocycles. The summed E-state index contributed by atoms with van der Waals surface area (Å²) in [7, 11) is 5.26. The smallest absolute Gasteiger partial charge is 0.265 e. The molecule has 2 aromatic carbocycles. The lowest BCUT2D eigenvalue weighted by atomic mass is 10.2. The van der Waals surface area contributed by atoms with Crippen LogP contribution in [0.15, 0.2) is 47.4 Å². The van der Waals surface area contributed by atoms with Gasteiger partial charge in [0.2, 0.25) is 0 Å². The predicted octanol–water partition coefficient (Wildman–Crippen LogP) is 3.33. The second-order valence-electron chi connectivity index (χ2n) is 5.43. The number of rotatable bonds is 6. The summed E-state index contributed by atoms with van der Waals surface area (Å²) in [6.07, 6.45) is 0. The van der Waals surface area contributed by atoms with Crippen LogP contribution in [0.2, 0.25) is 0 Å². The summed E-state index contributed by atoms with van der Waals surface area (Å²) in [5.41, 5.74) is 1.73. The first kappa shape index (κ1) is 19.1. The Morgan fingerprint density at radius 1 is 1.16 bits per heavy atom. The number of nitrogens with one attached hydrogen (secondary N) is 1. The largest absolute Gasteiger partial charge is 0.492 e. The van der Waals surface area contributed by atoms with Crippen LogP contribution in [0.3, 0.4) is 0 Å². The van der Waals surface area contributed by atoms with E-state index in [2.05, 4.69) is 5.32 Å². The molecule has 1 N–H and O–H groups in total. The van der Waals surface area contributed by atoms with Crippen molar-refractivity contribution in [3.63, 3.8) is 0 Å². The van der Waals surface area contributed by atoms with E-state index in [0.29, 0.717) is 17.9 Å². The Balaban J connectivity index is 2.26. The third-order valence-electron chi connectivity index (χ3n) is 3.41. The van der Waals surface area contributed by atoms with Crippen LogP contribution in [0, 0.1) is 0 Å². The van der Waals surface area contributed by atoms with Crippen molar-refractivity contribution in [2.45, 2.75) is 11.8 Å². The lowest BCUT2D eigenvalue weighted by molar-refractivity contribution is 0.102. The molecule has 0 atom stereocenters. The number of hydrogen-bond donors (Lipinski definition) is 1. The van der Waals surface area contributed by atoms with E-state index in [0.717, 1.165) is 5.69 Å². The standard InChI is InChI=1S/C17H19ClN2O4S/c1-4-24-15-10-7-13(11-16(15)25(18,22)23)19-17(21)12-5-8-14(9-6-12)20(2)3/h5-11H,4H2,1-3H3,(H,19,21). The first-order valence-corrected chi connectivity index (χ1v) is 9.83. The monoisotopic (exact) mass is 382 g/mol. The number of halogens is 1. The Bertz CT molecular complexity index is 865. The van der Waals surface area contributed by atoms with Crippen molar-refractivity contribution in [3.05, 3.63) is 48.0 Å². The van der Waals surface area contributed by atoms with Crippen LogP contribution in [0.4, 0.5) is 11.4 Å². The quantitative estimate of drug-likeness (QED) is 0.775. The number of carbonyl (C=O) groups excluding carboxylic acids is 1.